The summed E-state index contributed by atoms with van der Waals surface area (Å²) in [5.41, 5.74) is 11.9. The van der Waals surface area contributed by atoms with Crippen molar-refractivity contribution in [3.8, 4) is 0 Å². The minimum Gasteiger partial charge on any atom is -0.445 e. The molecule has 0 heterocycles. The highest BCUT2D eigenvalue weighted by molar-refractivity contribution is 7.80. The van der Waals surface area contributed by atoms with Crippen molar-refractivity contribution < 1.29 is 28.7 Å². The molecule has 13 heteroatoms. The number of ether oxygens (including phenoxy) is 1. The average molecular weight is 581 g/mol. The molecule has 0 aliphatic rings. The van der Waals surface area contributed by atoms with Crippen molar-refractivity contribution in [3.05, 3.63) is 35.9 Å². The Hall–Kier alpha value is -3.32. The van der Waals surface area contributed by atoms with E-state index in [1.54, 1.807) is 26.0 Å². The van der Waals surface area contributed by atoms with Gasteiger partial charge < -0.3 is 37.5 Å². The molecule has 40 heavy (non-hydrogen) atoms. The monoisotopic (exact) mass is 580 g/mol. The van der Waals surface area contributed by atoms with E-state index in [-0.39, 0.29) is 31.3 Å². The van der Waals surface area contributed by atoms with Crippen LogP contribution in [0.25, 0.3) is 0 Å². The highest BCUT2D eigenvalue weighted by atomic mass is 32.1. The fourth-order valence-electron chi connectivity index (χ4n) is 3.69. The summed E-state index contributed by atoms with van der Waals surface area (Å²) in [5.74, 6) is -2.48. The predicted molar refractivity (Wildman–Crippen MR) is 155 cm³/mol. The number of carbonyl (C=O) groups excluding carboxylic acids is 5. The Labute approximate surface area is 241 Å². The number of nitrogens with one attached hydrogen (secondary N) is 4. The number of benzene rings is 1. The Balaban J connectivity index is 2.82. The molecule has 0 saturated heterocycles. The minimum absolute atomic E-state index is 0.00782. The molecule has 1 aromatic carbocycles. The number of carbonyl (C=O) groups is 5. The quantitative estimate of drug-likeness (QED) is 0.112. The fraction of sp³-hybridized carbons (Fsp3) is 0.593. The highest BCUT2D eigenvalue weighted by Gasteiger charge is 2.32. The van der Waals surface area contributed by atoms with E-state index in [0.29, 0.717) is 6.42 Å². The van der Waals surface area contributed by atoms with Crippen molar-refractivity contribution >= 4 is 42.4 Å². The van der Waals surface area contributed by atoms with Crippen LogP contribution in [0.3, 0.4) is 0 Å². The summed E-state index contributed by atoms with van der Waals surface area (Å²) in [6.07, 6.45) is -0.268. The molecule has 1 unspecified atom stereocenters. The first-order valence-electron chi connectivity index (χ1n) is 13.3. The SMILES string of the molecule is CC(C)C[C@H](NC(=O)[C@@H](NC(=O)[C@H](C)NC(=O)OCc1ccccc1)C(C)C)C(=O)N[C@@H](CCC(N)=O)C(N)S. The topological polar surface area (TPSA) is 195 Å². The zero-order chi connectivity index (χ0) is 30.4. The van der Waals surface area contributed by atoms with Crippen molar-refractivity contribution in [1.82, 2.24) is 21.3 Å². The number of primary amides is 1. The zero-order valence-corrected chi connectivity index (χ0v) is 24.7. The molecular formula is C27H44N6O6S. The van der Waals surface area contributed by atoms with Gasteiger partial charge in [0.05, 0.1) is 11.4 Å². The summed E-state index contributed by atoms with van der Waals surface area (Å²) in [6, 6.07) is 5.52. The van der Waals surface area contributed by atoms with Gasteiger partial charge >= 0.3 is 6.09 Å². The molecule has 0 saturated carbocycles. The Morgan fingerprint density at radius 1 is 0.875 bits per heavy atom. The van der Waals surface area contributed by atoms with E-state index < -0.39 is 59.3 Å². The third-order valence-electron chi connectivity index (χ3n) is 5.97. The summed E-state index contributed by atoms with van der Waals surface area (Å²) in [5, 5.41) is 9.81. The van der Waals surface area contributed by atoms with Crippen molar-refractivity contribution in [3.63, 3.8) is 0 Å². The fourth-order valence-corrected chi connectivity index (χ4v) is 3.92. The van der Waals surface area contributed by atoms with Crippen molar-refractivity contribution in [2.75, 3.05) is 0 Å². The molecule has 5 amide bonds. The standard InChI is InChI=1S/C27H44N6O6S/c1-15(2)13-20(25(36)31-19(23(29)40)11-12-21(28)34)32-26(37)22(16(3)4)33-24(35)17(5)30-27(38)39-14-18-9-7-6-8-10-18/h6-10,15-17,19-20,22-23,40H,11-14,29H2,1-5H3,(H2,28,34)(H,30,38)(H,31,36)(H,32,37)(H,33,35)/t17-,19-,20-,22-,23?/m0/s1. The van der Waals surface area contributed by atoms with Gasteiger partial charge in [0.1, 0.15) is 24.7 Å². The maximum Gasteiger partial charge on any atom is 0.408 e. The molecule has 224 valence electrons. The van der Waals surface area contributed by atoms with Crippen LogP contribution in [0.15, 0.2) is 30.3 Å². The van der Waals surface area contributed by atoms with E-state index in [0.717, 1.165) is 5.56 Å². The van der Waals surface area contributed by atoms with Crippen LogP contribution in [0, 0.1) is 11.8 Å². The number of hydrogen-bond acceptors (Lipinski definition) is 8. The van der Waals surface area contributed by atoms with Crippen molar-refractivity contribution in [2.24, 2.45) is 23.3 Å². The first-order chi connectivity index (χ1) is 18.7. The van der Waals surface area contributed by atoms with Crippen LogP contribution in [0.4, 0.5) is 4.79 Å². The Morgan fingerprint density at radius 2 is 1.50 bits per heavy atom. The van der Waals surface area contributed by atoms with Gasteiger partial charge in [0, 0.05) is 6.42 Å². The normalized spacial score (nSPS) is 14.8. The highest BCUT2D eigenvalue weighted by Crippen LogP contribution is 2.11. The minimum atomic E-state index is -0.991. The van der Waals surface area contributed by atoms with Crippen LogP contribution in [0.2, 0.25) is 0 Å². The summed E-state index contributed by atoms with van der Waals surface area (Å²) in [4.78, 5) is 62.5. The Morgan fingerprint density at radius 3 is 2.02 bits per heavy atom. The van der Waals surface area contributed by atoms with Gasteiger partial charge in [-0.1, -0.05) is 58.0 Å². The lowest BCUT2D eigenvalue weighted by molar-refractivity contribution is -0.133. The van der Waals surface area contributed by atoms with E-state index in [4.69, 9.17) is 16.2 Å². The van der Waals surface area contributed by atoms with E-state index in [1.807, 2.05) is 32.0 Å². The second-order valence-electron chi connectivity index (χ2n) is 10.5. The molecule has 12 nitrogen and oxygen atoms in total. The van der Waals surface area contributed by atoms with E-state index >= 15 is 0 Å². The molecule has 1 rings (SSSR count). The summed E-state index contributed by atoms with van der Waals surface area (Å²) >= 11 is 4.19. The molecule has 0 aliphatic carbocycles. The number of nitrogens with two attached hydrogens (primary N) is 2. The van der Waals surface area contributed by atoms with Crippen LogP contribution in [-0.2, 0) is 30.5 Å². The van der Waals surface area contributed by atoms with Gasteiger partial charge in [0.2, 0.25) is 23.6 Å². The summed E-state index contributed by atoms with van der Waals surface area (Å²) in [6.45, 7) is 8.79. The van der Waals surface area contributed by atoms with Gasteiger partial charge in [0.15, 0.2) is 0 Å². The second kappa shape index (κ2) is 17.4. The van der Waals surface area contributed by atoms with Crippen LogP contribution >= 0.6 is 12.6 Å². The smallest absolute Gasteiger partial charge is 0.408 e. The maximum absolute atomic E-state index is 13.2. The molecule has 0 aromatic heterocycles. The molecule has 1 aromatic rings. The van der Waals surface area contributed by atoms with Gasteiger partial charge in [-0.2, -0.15) is 12.6 Å². The lowest BCUT2D eigenvalue weighted by Crippen LogP contribution is -2.59. The first kappa shape index (κ1) is 34.7. The maximum atomic E-state index is 13.2. The third-order valence-corrected chi connectivity index (χ3v) is 6.33. The van der Waals surface area contributed by atoms with Gasteiger partial charge in [-0.15, -0.1) is 0 Å². The number of rotatable bonds is 16. The summed E-state index contributed by atoms with van der Waals surface area (Å²) in [7, 11) is 0. The lowest BCUT2D eigenvalue weighted by Gasteiger charge is -2.29. The predicted octanol–water partition coefficient (Wildman–Crippen LogP) is 0.938. The third kappa shape index (κ3) is 13.2. The van der Waals surface area contributed by atoms with Crippen LogP contribution in [-0.4, -0.2) is 59.3 Å². The second-order valence-corrected chi connectivity index (χ2v) is 11.1. The zero-order valence-electron chi connectivity index (χ0n) is 23.8. The van der Waals surface area contributed by atoms with Gasteiger partial charge in [-0.3, -0.25) is 19.2 Å². The van der Waals surface area contributed by atoms with Crippen molar-refractivity contribution in [2.45, 2.75) is 90.0 Å². The molecule has 8 N–H and O–H groups in total. The molecular weight excluding hydrogens is 536 g/mol. The number of alkyl carbamates (subject to hydrolysis) is 1. The number of amides is 5. The average Bonchev–Trinajstić information content (AvgIpc) is 2.87. The van der Waals surface area contributed by atoms with Crippen LogP contribution < -0.4 is 32.7 Å². The molecule has 0 aliphatic heterocycles. The molecule has 0 radical (unpaired) electrons. The first-order valence-corrected chi connectivity index (χ1v) is 13.8. The van der Waals surface area contributed by atoms with Crippen molar-refractivity contribution in [1.29, 1.82) is 0 Å². The molecule has 5 atom stereocenters. The number of thiol groups is 1. The van der Waals surface area contributed by atoms with Gasteiger partial charge in [-0.05, 0) is 37.2 Å². The van der Waals surface area contributed by atoms with Crippen LogP contribution in [0.5, 0.6) is 0 Å². The van der Waals surface area contributed by atoms with E-state index in [1.165, 1.54) is 6.92 Å². The summed E-state index contributed by atoms with van der Waals surface area (Å²) < 4.78 is 5.15. The van der Waals surface area contributed by atoms with Crippen LogP contribution in [0.1, 0.15) is 59.4 Å². The van der Waals surface area contributed by atoms with Gasteiger partial charge in [-0.25, -0.2) is 4.79 Å². The largest absolute Gasteiger partial charge is 0.445 e. The lowest BCUT2D eigenvalue weighted by atomic mass is 9.99. The van der Waals surface area contributed by atoms with E-state index in [2.05, 4.69) is 33.9 Å². The molecule has 0 bridgehead atoms. The van der Waals surface area contributed by atoms with E-state index in [9.17, 15) is 24.0 Å². The Bertz CT molecular complexity index is 991. The number of hydrogen-bond donors (Lipinski definition) is 7. The molecule has 0 fully saturated rings. The Kier molecular flexibility index (Phi) is 15.1. The van der Waals surface area contributed by atoms with Gasteiger partial charge in [0.25, 0.3) is 0 Å². The molecule has 0 spiro atoms.